The summed E-state index contributed by atoms with van der Waals surface area (Å²) in [5, 5.41) is 12.7. The molecule has 0 saturated carbocycles. The van der Waals surface area contributed by atoms with Gasteiger partial charge in [-0.05, 0) is 36.6 Å². The second-order valence-corrected chi connectivity index (χ2v) is 8.87. The van der Waals surface area contributed by atoms with Gasteiger partial charge in [-0.3, -0.25) is 14.5 Å². The Kier molecular flexibility index (Phi) is 6.88. The molecule has 0 aliphatic carbocycles. The summed E-state index contributed by atoms with van der Waals surface area (Å²) >= 11 is 0. The number of hydrogen-bond acceptors (Lipinski definition) is 6. The van der Waals surface area contributed by atoms with Crippen LogP contribution in [0.2, 0.25) is 0 Å². The van der Waals surface area contributed by atoms with E-state index in [4.69, 9.17) is 15.5 Å². The molecule has 0 radical (unpaired) electrons. The lowest BCUT2D eigenvalue weighted by Gasteiger charge is -2.41. The Morgan fingerprint density at radius 2 is 2.00 bits per heavy atom. The first kappa shape index (κ1) is 23.8. The number of hydrogen-bond donors (Lipinski definition) is 3. The van der Waals surface area contributed by atoms with E-state index in [0.29, 0.717) is 30.8 Å². The Labute approximate surface area is 199 Å². The number of aliphatic imine (C=N–C) groups is 1. The smallest absolute Gasteiger partial charge is 0.251 e. The highest BCUT2D eigenvalue weighted by molar-refractivity contribution is 6.00. The Balaban J connectivity index is 1.62. The second-order valence-electron chi connectivity index (χ2n) is 8.87. The highest BCUT2D eigenvalue weighted by Gasteiger charge is 2.41. The maximum atomic E-state index is 13.2. The first-order valence-electron chi connectivity index (χ1n) is 11.8. The van der Waals surface area contributed by atoms with E-state index in [2.05, 4.69) is 5.32 Å². The molecule has 0 aromatic heterocycles. The summed E-state index contributed by atoms with van der Waals surface area (Å²) in [4.78, 5) is 32.6. The molecule has 180 valence electrons. The van der Waals surface area contributed by atoms with Crippen LogP contribution in [0.1, 0.15) is 73.1 Å². The molecule has 8 heteroatoms. The lowest BCUT2D eigenvalue weighted by molar-refractivity contribution is -0.132. The number of nitrogens with one attached hydrogen (secondary N) is 1. The normalized spacial score (nSPS) is 20.1. The number of rotatable bonds is 7. The first-order valence-corrected chi connectivity index (χ1v) is 11.8. The lowest BCUT2D eigenvalue weighted by atomic mass is 9.87. The molecule has 4 N–H and O–H groups in total. The average Bonchev–Trinajstić information content (AvgIpc) is 2.87. The molecular weight excluding hydrogens is 432 g/mol. The molecule has 2 aliphatic heterocycles. The zero-order valence-corrected chi connectivity index (χ0v) is 19.7. The summed E-state index contributed by atoms with van der Waals surface area (Å²) in [7, 11) is 0. The quantitative estimate of drug-likeness (QED) is 0.582. The molecule has 2 amide bonds. The fourth-order valence-electron chi connectivity index (χ4n) is 4.77. The van der Waals surface area contributed by atoms with Crippen molar-refractivity contribution in [2.24, 2.45) is 10.7 Å². The summed E-state index contributed by atoms with van der Waals surface area (Å²) in [6.45, 7) is 4.26. The molecule has 2 aromatic carbocycles. The molecule has 8 nitrogen and oxygen atoms in total. The van der Waals surface area contributed by atoms with Gasteiger partial charge in [0.25, 0.3) is 5.91 Å². The standard InChI is InChI=1S/C26H32N4O4/c1-3-26(4-2)15-23(32)30(25(27)29-26)21-12-13-34-22-11-10-18(14-19(21)22)24(33)28-20(16-31)17-8-6-5-7-9-17/h5-11,14,20-21,31H,3-4,12-13,15-16H2,1-2H3,(H2,27,29)(H,28,33)/t20?,21-/m1/s1. The van der Waals surface area contributed by atoms with E-state index in [1.807, 2.05) is 44.2 Å². The van der Waals surface area contributed by atoms with Gasteiger partial charge in [0.1, 0.15) is 5.75 Å². The fraction of sp³-hybridized carbons (Fsp3) is 0.423. The predicted molar refractivity (Wildman–Crippen MR) is 129 cm³/mol. The van der Waals surface area contributed by atoms with Crippen LogP contribution >= 0.6 is 0 Å². The van der Waals surface area contributed by atoms with Crippen molar-refractivity contribution in [3.63, 3.8) is 0 Å². The van der Waals surface area contributed by atoms with Crippen molar-refractivity contribution in [2.75, 3.05) is 13.2 Å². The van der Waals surface area contributed by atoms with E-state index >= 15 is 0 Å². The number of ether oxygens (including phenoxy) is 1. The van der Waals surface area contributed by atoms with Crippen LogP contribution in [0.3, 0.4) is 0 Å². The van der Waals surface area contributed by atoms with E-state index in [1.54, 1.807) is 23.1 Å². The number of benzene rings is 2. The molecule has 4 rings (SSSR count). The van der Waals surface area contributed by atoms with Crippen molar-refractivity contribution >= 4 is 17.8 Å². The first-order chi connectivity index (χ1) is 16.4. The highest BCUT2D eigenvalue weighted by atomic mass is 16.5. The number of aliphatic hydroxyl groups is 1. The van der Waals surface area contributed by atoms with Crippen LogP contribution in [0.25, 0.3) is 0 Å². The summed E-state index contributed by atoms with van der Waals surface area (Å²) in [6, 6.07) is 13.6. The van der Waals surface area contributed by atoms with Gasteiger partial charge in [-0.15, -0.1) is 0 Å². The van der Waals surface area contributed by atoms with E-state index in [0.717, 1.165) is 24.0 Å². The topological polar surface area (TPSA) is 117 Å². The third-order valence-corrected chi connectivity index (χ3v) is 6.95. The van der Waals surface area contributed by atoms with Crippen LogP contribution in [0.4, 0.5) is 0 Å². The number of nitrogens with zero attached hydrogens (tertiary/aromatic N) is 2. The molecule has 0 fully saturated rings. The number of amides is 2. The minimum absolute atomic E-state index is 0.0617. The number of fused-ring (bicyclic) bond motifs is 1. The minimum Gasteiger partial charge on any atom is -0.493 e. The van der Waals surface area contributed by atoms with Gasteiger partial charge in [0, 0.05) is 17.5 Å². The SMILES string of the molecule is CCC1(CC)CC(=O)N([C@@H]2CCOc3ccc(C(=O)NC(CO)c4ccccc4)cc32)C(N)=N1. The third kappa shape index (κ3) is 4.50. The van der Waals surface area contributed by atoms with Crippen LogP contribution in [0.15, 0.2) is 53.5 Å². The molecule has 0 spiro atoms. The molecule has 2 aromatic rings. The van der Waals surface area contributed by atoms with Crippen molar-refractivity contribution in [3.05, 3.63) is 65.2 Å². The summed E-state index contributed by atoms with van der Waals surface area (Å²) in [6.07, 6.45) is 2.34. The minimum atomic E-state index is -0.528. The summed E-state index contributed by atoms with van der Waals surface area (Å²) < 4.78 is 5.81. The lowest BCUT2D eigenvalue weighted by Crippen LogP contribution is -2.53. The van der Waals surface area contributed by atoms with Gasteiger partial charge in [0.2, 0.25) is 5.91 Å². The Morgan fingerprint density at radius 3 is 2.65 bits per heavy atom. The molecule has 2 heterocycles. The molecular formula is C26H32N4O4. The van der Waals surface area contributed by atoms with E-state index < -0.39 is 11.6 Å². The monoisotopic (exact) mass is 464 g/mol. The summed E-state index contributed by atoms with van der Waals surface area (Å²) in [5.41, 5.74) is 7.84. The Bertz CT molecular complexity index is 1080. The van der Waals surface area contributed by atoms with Crippen LogP contribution in [0.5, 0.6) is 5.75 Å². The molecule has 2 aliphatic rings. The van der Waals surface area contributed by atoms with Crippen molar-refractivity contribution in [1.82, 2.24) is 10.2 Å². The Hall–Kier alpha value is -3.39. The molecule has 34 heavy (non-hydrogen) atoms. The van der Waals surface area contributed by atoms with Crippen LogP contribution < -0.4 is 15.8 Å². The van der Waals surface area contributed by atoms with Crippen LogP contribution in [0, 0.1) is 0 Å². The molecule has 2 atom stereocenters. The third-order valence-electron chi connectivity index (χ3n) is 6.95. The van der Waals surface area contributed by atoms with Gasteiger partial charge in [-0.2, -0.15) is 0 Å². The van der Waals surface area contributed by atoms with Gasteiger partial charge >= 0.3 is 0 Å². The maximum Gasteiger partial charge on any atom is 0.251 e. The zero-order valence-electron chi connectivity index (χ0n) is 19.7. The second kappa shape index (κ2) is 9.85. The van der Waals surface area contributed by atoms with Gasteiger partial charge in [-0.1, -0.05) is 44.2 Å². The van der Waals surface area contributed by atoms with Crippen molar-refractivity contribution in [3.8, 4) is 5.75 Å². The van der Waals surface area contributed by atoms with E-state index in [-0.39, 0.29) is 30.4 Å². The summed E-state index contributed by atoms with van der Waals surface area (Å²) in [5.74, 6) is 0.459. The Morgan fingerprint density at radius 1 is 1.26 bits per heavy atom. The zero-order chi connectivity index (χ0) is 24.3. The molecule has 0 saturated heterocycles. The van der Waals surface area contributed by atoms with Crippen molar-refractivity contribution in [2.45, 2.75) is 57.2 Å². The number of guanidine groups is 1. The molecule has 0 bridgehead atoms. The number of carbonyl (C=O) groups is 2. The van der Waals surface area contributed by atoms with Crippen LogP contribution in [-0.4, -0.2) is 46.5 Å². The number of carbonyl (C=O) groups excluding carboxylic acids is 2. The number of aliphatic hydroxyl groups excluding tert-OH is 1. The van der Waals surface area contributed by atoms with Crippen molar-refractivity contribution in [1.29, 1.82) is 0 Å². The van der Waals surface area contributed by atoms with E-state index in [9.17, 15) is 14.7 Å². The highest BCUT2D eigenvalue weighted by Crippen LogP contribution is 2.40. The average molecular weight is 465 g/mol. The van der Waals surface area contributed by atoms with Gasteiger partial charge in [0.15, 0.2) is 5.96 Å². The molecule has 1 unspecified atom stereocenters. The number of nitrogens with two attached hydrogens (primary N) is 1. The van der Waals surface area contributed by atoms with Crippen LogP contribution in [-0.2, 0) is 4.79 Å². The van der Waals surface area contributed by atoms with Crippen molar-refractivity contribution < 1.29 is 19.4 Å². The predicted octanol–water partition coefficient (Wildman–Crippen LogP) is 3.08. The maximum absolute atomic E-state index is 13.2. The van der Waals surface area contributed by atoms with Gasteiger partial charge < -0.3 is 20.9 Å². The van der Waals surface area contributed by atoms with E-state index in [1.165, 1.54) is 0 Å². The fourth-order valence-corrected chi connectivity index (χ4v) is 4.77. The largest absolute Gasteiger partial charge is 0.493 e. The van der Waals surface area contributed by atoms with Gasteiger partial charge in [-0.25, -0.2) is 4.99 Å². The van der Waals surface area contributed by atoms with Gasteiger partial charge in [0.05, 0.1) is 37.3 Å².